The van der Waals surface area contributed by atoms with Gasteiger partial charge in [-0.3, -0.25) is 4.98 Å². The minimum atomic E-state index is 0.330. The molecule has 0 aliphatic heterocycles. The number of hydrogen-bond acceptors (Lipinski definition) is 9. The van der Waals surface area contributed by atoms with Crippen LogP contribution < -0.4 is 21.7 Å². The van der Waals surface area contributed by atoms with Crippen molar-refractivity contribution in [2.45, 2.75) is 6.54 Å². The predicted octanol–water partition coefficient (Wildman–Crippen LogP) is 3.42. The maximum atomic E-state index is 6.02. The van der Waals surface area contributed by atoms with Gasteiger partial charge in [-0.2, -0.15) is 0 Å². The number of nitrogens with one attached hydrogen (secondary N) is 3. The van der Waals surface area contributed by atoms with E-state index in [0.717, 1.165) is 22.2 Å². The van der Waals surface area contributed by atoms with E-state index < -0.39 is 0 Å². The Morgan fingerprint density at radius 3 is 2.81 bits per heavy atom. The number of rotatable bonds is 9. The number of ether oxygens (including phenoxy) is 1. The lowest BCUT2D eigenvalue weighted by Gasteiger charge is -2.12. The average Bonchev–Trinajstić information content (AvgIpc) is 2.80. The first kappa shape index (κ1) is 20.3. The fourth-order valence-electron chi connectivity index (χ4n) is 3.05. The van der Waals surface area contributed by atoms with Gasteiger partial charge in [0.05, 0.1) is 18.3 Å². The average molecular weight is 416 g/mol. The van der Waals surface area contributed by atoms with Crippen molar-refractivity contribution in [3.8, 4) is 0 Å². The Kier molecular flexibility index (Phi) is 6.34. The van der Waals surface area contributed by atoms with Gasteiger partial charge in [0.15, 0.2) is 17.5 Å². The number of methoxy groups -OCH3 is 1. The minimum absolute atomic E-state index is 0.330. The summed E-state index contributed by atoms with van der Waals surface area (Å²) in [5, 5.41) is 10.8. The molecular formula is C22H24N8O. The highest BCUT2D eigenvalue weighted by Gasteiger charge is 2.07. The molecule has 158 valence electrons. The van der Waals surface area contributed by atoms with E-state index in [1.165, 1.54) is 0 Å². The second-order valence-electron chi connectivity index (χ2n) is 6.85. The zero-order chi connectivity index (χ0) is 21.5. The van der Waals surface area contributed by atoms with Crippen LogP contribution in [0, 0.1) is 0 Å². The number of benzene rings is 1. The Morgan fingerprint density at radius 2 is 1.90 bits per heavy atom. The van der Waals surface area contributed by atoms with Gasteiger partial charge in [0.2, 0.25) is 0 Å². The van der Waals surface area contributed by atoms with Gasteiger partial charge in [0.25, 0.3) is 0 Å². The molecule has 4 rings (SSSR count). The van der Waals surface area contributed by atoms with Crippen LogP contribution in [0.5, 0.6) is 0 Å². The molecule has 3 aromatic heterocycles. The third kappa shape index (κ3) is 5.34. The Hall–Kier alpha value is -3.98. The van der Waals surface area contributed by atoms with Crippen molar-refractivity contribution in [2.75, 3.05) is 41.9 Å². The van der Waals surface area contributed by atoms with Gasteiger partial charge in [-0.1, -0.05) is 12.1 Å². The van der Waals surface area contributed by atoms with E-state index in [4.69, 9.17) is 10.5 Å². The van der Waals surface area contributed by atoms with E-state index in [9.17, 15) is 0 Å². The van der Waals surface area contributed by atoms with Crippen LogP contribution in [-0.2, 0) is 11.3 Å². The molecule has 5 N–H and O–H groups in total. The van der Waals surface area contributed by atoms with Gasteiger partial charge in [-0.25, -0.2) is 15.0 Å². The third-order valence-corrected chi connectivity index (χ3v) is 4.58. The summed E-state index contributed by atoms with van der Waals surface area (Å²) in [5.41, 5.74) is 9.01. The van der Waals surface area contributed by atoms with Crippen LogP contribution in [0.25, 0.3) is 10.9 Å². The summed E-state index contributed by atoms with van der Waals surface area (Å²) in [7, 11) is 1.67. The molecule has 31 heavy (non-hydrogen) atoms. The van der Waals surface area contributed by atoms with E-state index >= 15 is 0 Å². The van der Waals surface area contributed by atoms with Crippen molar-refractivity contribution in [2.24, 2.45) is 0 Å². The molecule has 0 aliphatic carbocycles. The lowest BCUT2D eigenvalue weighted by atomic mass is 10.1. The Labute approximate surface area is 180 Å². The van der Waals surface area contributed by atoms with Crippen molar-refractivity contribution in [1.82, 2.24) is 19.9 Å². The molecule has 0 atom stereocenters. The number of aromatic nitrogens is 4. The van der Waals surface area contributed by atoms with Gasteiger partial charge in [-0.05, 0) is 29.8 Å². The summed E-state index contributed by atoms with van der Waals surface area (Å²) in [5.74, 6) is 2.03. The first-order chi connectivity index (χ1) is 15.2. The molecule has 0 unspecified atom stereocenters. The maximum Gasteiger partial charge on any atom is 0.171 e. The van der Waals surface area contributed by atoms with Crippen molar-refractivity contribution in [3.05, 3.63) is 66.6 Å². The molecular weight excluding hydrogens is 392 g/mol. The molecule has 0 spiro atoms. The Morgan fingerprint density at radius 1 is 0.968 bits per heavy atom. The fraction of sp³-hybridized carbons (Fsp3) is 0.182. The molecule has 4 aromatic rings. The number of anilines is 5. The van der Waals surface area contributed by atoms with E-state index in [2.05, 4.69) is 42.0 Å². The molecule has 9 nitrogen and oxygen atoms in total. The van der Waals surface area contributed by atoms with E-state index in [0.29, 0.717) is 43.0 Å². The first-order valence-electron chi connectivity index (χ1n) is 9.87. The lowest BCUT2D eigenvalue weighted by Crippen LogP contribution is -2.09. The van der Waals surface area contributed by atoms with Crippen molar-refractivity contribution in [3.63, 3.8) is 0 Å². The summed E-state index contributed by atoms with van der Waals surface area (Å²) in [6.45, 7) is 1.89. The molecule has 0 radical (unpaired) electrons. The second-order valence-corrected chi connectivity index (χ2v) is 6.85. The van der Waals surface area contributed by atoms with E-state index in [1.807, 2.05) is 36.4 Å². The predicted molar refractivity (Wildman–Crippen MR) is 123 cm³/mol. The minimum Gasteiger partial charge on any atom is -0.383 e. The van der Waals surface area contributed by atoms with Crippen molar-refractivity contribution >= 4 is 39.9 Å². The lowest BCUT2D eigenvalue weighted by molar-refractivity contribution is 0.211. The van der Waals surface area contributed by atoms with Crippen LogP contribution in [0.3, 0.4) is 0 Å². The van der Waals surface area contributed by atoms with Crippen LogP contribution in [0.2, 0.25) is 0 Å². The topological polar surface area (TPSA) is 123 Å². The summed E-state index contributed by atoms with van der Waals surface area (Å²) >= 11 is 0. The highest BCUT2D eigenvalue weighted by molar-refractivity contribution is 5.79. The molecule has 0 amide bonds. The summed E-state index contributed by atoms with van der Waals surface area (Å²) in [6.07, 6.45) is 5.08. The molecule has 0 saturated carbocycles. The molecule has 9 heteroatoms. The van der Waals surface area contributed by atoms with E-state index in [1.54, 1.807) is 25.7 Å². The number of pyridine rings is 2. The van der Waals surface area contributed by atoms with Crippen LogP contribution in [0.1, 0.15) is 5.56 Å². The van der Waals surface area contributed by atoms with Gasteiger partial charge in [-0.15, -0.1) is 0 Å². The SMILES string of the molecule is COCCNc1ccnc(Nc2cnc(N)c(NCc3ccc4ncccc4c3)n2)c1. The maximum absolute atomic E-state index is 6.02. The zero-order valence-corrected chi connectivity index (χ0v) is 17.2. The first-order valence-corrected chi connectivity index (χ1v) is 9.87. The molecule has 0 fully saturated rings. The summed E-state index contributed by atoms with van der Waals surface area (Å²) in [6, 6.07) is 13.9. The van der Waals surface area contributed by atoms with Gasteiger partial charge >= 0.3 is 0 Å². The molecule has 0 aliphatic rings. The monoisotopic (exact) mass is 416 g/mol. The van der Waals surface area contributed by atoms with Gasteiger partial charge in [0.1, 0.15) is 5.82 Å². The Bertz CT molecular complexity index is 1170. The highest BCUT2D eigenvalue weighted by Crippen LogP contribution is 2.21. The fourth-order valence-corrected chi connectivity index (χ4v) is 3.05. The van der Waals surface area contributed by atoms with Gasteiger partial charge in [0, 0.05) is 49.7 Å². The van der Waals surface area contributed by atoms with E-state index in [-0.39, 0.29) is 0 Å². The smallest absolute Gasteiger partial charge is 0.171 e. The van der Waals surface area contributed by atoms with Crippen LogP contribution in [-0.4, -0.2) is 40.2 Å². The highest BCUT2D eigenvalue weighted by atomic mass is 16.5. The molecule has 3 heterocycles. The number of nitrogens with two attached hydrogens (primary N) is 1. The summed E-state index contributed by atoms with van der Waals surface area (Å²) < 4.78 is 5.06. The Balaban J connectivity index is 1.43. The summed E-state index contributed by atoms with van der Waals surface area (Å²) in [4.78, 5) is 17.5. The zero-order valence-electron chi connectivity index (χ0n) is 17.2. The molecule has 0 bridgehead atoms. The van der Waals surface area contributed by atoms with Crippen LogP contribution in [0.15, 0.2) is 61.1 Å². The molecule has 1 aromatic carbocycles. The number of hydrogen-bond donors (Lipinski definition) is 4. The van der Waals surface area contributed by atoms with Crippen molar-refractivity contribution < 1.29 is 4.74 Å². The third-order valence-electron chi connectivity index (χ3n) is 4.58. The van der Waals surface area contributed by atoms with Crippen LogP contribution >= 0.6 is 0 Å². The molecule has 0 saturated heterocycles. The second kappa shape index (κ2) is 9.68. The number of nitrogens with zero attached hydrogens (tertiary/aromatic N) is 4. The normalized spacial score (nSPS) is 10.7. The van der Waals surface area contributed by atoms with Crippen LogP contribution in [0.4, 0.5) is 29.0 Å². The number of nitrogen functional groups attached to an aromatic ring is 1. The van der Waals surface area contributed by atoms with Gasteiger partial charge < -0.3 is 26.4 Å². The largest absolute Gasteiger partial charge is 0.383 e. The standard InChI is InChI=1S/C22H24N8O/c1-31-10-9-24-17-6-8-26-19(12-17)29-20-14-27-21(23)22(30-20)28-13-15-4-5-18-16(11-15)3-2-7-25-18/h2-8,11-12,14H,9-10,13H2,1H3,(H2,23,27)(H3,24,26,28,29,30). The number of fused-ring (bicyclic) bond motifs is 1. The quantitative estimate of drug-likeness (QED) is 0.304. The van der Waals surface area contributed by atoms with Crippen molar-refractivity contribution in [1.29, 1.82) is 0 Å².